The Bertz CT molecular complexity index is 770. The zero-order valence-corrected chi connectivity index (χ0v) is 25.4. The van der Waals surface area contributed by atoms with Crippen LogP contribution in [0.25, 0.3) is 0 Å². The van der Waals surface area contributed by atoms with Crippen molar-refractivity contribution in [3.8, 4) is 0 Å². The Hall–Kier alpha value is -0.610. The highest BCUT2D eigenvalue weighted by Gasteiger charge is 2.40. The number of hydrogen-bond donors (Lipinski definition) is 4. The van der Waals surface area contributed by atoms with Gasteiger partial charge in [0.2, 0.25) is 0 Å². The molecular weight excluding hydrogens is 538 g/mol. The van der Waals surface area contributed by atoms with E-state index in [1.165, 1.54) is 6.92 Å². The minimum Gasteiger partial charge on any atom is -0.460 e. The van der Waals surface area contributed by atoms with Gasteiger partial charge in [-0.15, -0.1) is 0 Å². The maximum absolute atomic E-state index is 12.5. The number of carbonyl (C=O) groups is 1. The van der Waals surface area contributed by atoms with E-state index >= 15 is 0 Å². The van der Waals surface area contributed by atoms with Crippen molar-refractivity contribution in [1.29, 1.82) is 0 Å². The molecule has 11 nitrogen and oxygen atoms in total. The SMILES string of the molecule is C=C(C)C(=O)OCCOC(CC(CC)CCCC)C(O)C(CC(CC)CCCC)OP(=O)(O)OP(=O)(O)O. The molecule has 0 fully saturated rings. The Labute approximate surface area is 228 Å². The third-order valence-electron chi connectivity index (χ3n) is 6.45. The third-order valence-corrected chi connectivity index (χ3v) is 8.67. The van der Waals surface area contributed by atoms with Crippen molar-refractivity contribution in [1.82, 2.24) is 0 Å². The fourth-order valence-corrected chi connectivity index (χ4v) is 5.97. The Morgan fingerprint density at radius 3 is 1.79 bits per heavy atom. The van der Waals surface area contributed by atoms with Gasteiger partial charge in [-0.05, 0) is 31.6 Å². The average Bonchev–Trinajstić information content (AvgIpc) is 2.82. The molecule has 0 heterocycles. The molecule has 6 atom stereocenters. The summed E-state index contributed by atoms with van der Waals surface area (Å²) in [7, 11) is -10.6. The van der Waals surface area contributed by atoms with Crippen LogP contribution in [-0.2, 0) is 32.2 Å². The molecule has 0 saturated heterocycles. The summed E-state index contributed by atoms with van der Waals surface area (Å²) in [6.07, 6.45) is 4.01. The predicted octanol–water partition coefficient (Wildman–Crippen LogP) is 5.66. The largest absolute Gasteiger partial charge is 0.481 e. The topological polar surface area (TPSA) is 169 Å². The van der Waals surface area contributed by atoms with E-state index in [-0.39, 0.29) is 37.0 Å². The van der Waals surface area contributed by atoms with Crippen molar-refractivity contribution in [3.05, 3.63) is 12.2 Å². The number of unbranched alkanes of at least 4 members (excludes halogenated alkanes) is 2. The molecule has 0 aliphatic carbocycles. The standard InChI is InChI=1S/C25H50O11P2/c1-7-11-13-20(9-3)17-22(33-15-16-34-25(27)19(5)6)24(26)23(18-21(10-4)14-12-8-2)35-38(31,32)36-37(28,29)30/h20-24,26H,5,7-18H2,1-4,6H3,(H,31,32)(H2,28,29,30). The van der Waals surface area contributed by atoms with Crippen LogP contribution in [0.2, 0.25) is 0 Å². The summed E-state index contributed by atoms with van der Waals surface area (Å²) < 4.78 is 44.0. The van der Waals surface area contributed by atoms with Crippen LogP contribution in [-0.4, -0.2) is 57.3 Å². The summed E-state index contributed by atoms with van der Waals surface area (Å²) in [5, 5.41) is 11.4. The summed E-state index contributed by atoms with van der Waals surface area (Å²) in [6.45, 7) is 13.0. The Balaban J connectivity index is 5.94. The molecule has 38 heavy (non-hydrogen) atoms. The van der Waals surface area contributed by atoms with Gasteiger partial charge in [-0.25, -0.2) is 13.9 Å². The van der Waals surface area contributed by atoms with Gasteiger partial charge in [0.05, 0.1) is 18.8 Å². The highest BCUT2D eigenvalue weighted by atomic mass is 31.3. The first kappa shape index (κ1) is 37.4. The Morgan fingerprint density at radius 1 is 0.868 bits per heavy atom. The summed E-state index contributed by atoms with van der Waals surface area (Å²) in [5.41, 5.74) is 0.238. The molecule has 0 amide bonds. The number of esters is 1. The molecular formula is C25H50O11P2. The van der Waals surface area contributed by atoms with Gasteiger partial charge in [-0.1, -0.05) is 85.6 Å². The number of ether oxygens (including phenoxy) is 2. The molecule has 4 N–H and O–H groups in total. The van der Waals surface area contributed by atoms with Crippen LogP contribution < -0.4 is 0 Å². The first-order valence-electron chi connectivity index (χ1n) is 13.6. The van der Waals surface area contributed by atoms with Crippen molar-refractivity contribution in [2.45, 2.75) is 117 Å². The van der Waals surface area contributed by atoms with E-state index in [4.69, 9.17) is 23.8 Å². The van der Waals surface area contributed by atoms with Gasteiger partial charge in [-0.3, -0.25) is 4.52 Å². The first-order chi connectivity index (χ1) is 17.7. The normalized spacial score (nSPS) is 17.7. The second-order valence-electron chi connectivity index (χ2n) is 9.81. The number of phosphoric ester groups is 1. The lowest BCUT2D eigenvalue weighted by Crippen LogP contribution is -2.43. The van der Waals surface area contributed by atoms with Gasteiger partial charge >= 0.3 is 21.6 Å². The number of phosphoric acid groups is 2. The molecule has 0 aromatic carbocycles. The molecule has 0 aliphatic heterocycles. The molecule has 0 rings (SSSR count). The monoisotopic (exact) mass is 588 g/mol. The summed E-state index contributed by atoms with van der Waals surface area (Å²) in [6, 6.07) is 0. The molecule has 0 aromatic rings. The van der Waals surface area contributed by atoms with Gasteiger partial charge in [0.25, 0.3) is 0 Å². The summed E-state index contributed by atoms with van der Waals surface area (Å²) in [5.74, 6) is -0.370. The van der Waals surface area contributed by atoms with E-state index in [2.05, 4.69) is 17.8 Å². The Kier molecular flexibility index (Phi) is 19.2. The van der Waals surface area contributed by atoms with Crippen LogP contribution in [0.3, 0.4) is 0 Å². The maximum Gasteiger partial charge on any atom is 0.481 e. The lowest BCUT2D eigenvalue weighted by Gasteiger charge is -2.34. The van der Waals surface area contributed by atoms with Crippen LogP contribution in [0.4, 0.5) is 0 Å². The lowest BCUT2D eigenvalue weighted by atomic mass is 9.86. The van der Waals surface area contributed by atoms with Crippen molar-refractivity contribution in [2.24, 2.45) is 11.8 Å². The quantitative estimate of drug-likeness (QED) is 0.0503. The molecule has 13 heteroatoms. The summed E-state index contributed by atoms with van der Waals surface area (Å²) in [4.78, 5) is 39.9. The number of aliphatic hydroxyl groups excluding tert-OH is 1. The van der Waals surface area contributed by atoms with E-state index in [0.717, 1.165) is 44.9 Å². The van der Waals surface area contributed by atoms with E-state index in [1.54, 1.807) is 0 Å². The van der Waals surface area contributed by atoms with Crippen LogP contribution >= 0.6 is 15.6 Å². The second-order valence-corrected chi connectivity index (χ2v) is 12.6. The highest BCUT2D eigenvalue weighted by Crippen LogP contribution is 2.58. The predicted molar refractivity (Wildman–Crippen MR) is 145 cm³/mol. The smallest absolute Gasteiger partial charge is 0.460 e. The van der Waals surface area contributed by atoms with Crippen molar-refractivity contribution < 1.29 is 52.0 Å². The minimum absolute atomic E-state index is 0.0175. The van der Waals surface area contributed by atoms with Crippen molar-refractivity contribution in [2.75, 3.05) is 13.2 Å². The lowest BCUT2D eigenvalue weighted by molar-refractivity contribution is -0.144. The molecule has 0 bridgehead atoms. The van der Waals surface area contributed by atoms with Crippen molar-refractivity contribution in [3.63, 3.8) is 0 Å². The fourth-order valence-electron chi connectivity index (χ4n) is 4.19. The average molecular weight is 589 g/mol. The van der Waals surface area contributed by atoms with Gasteiger partial charge in [0.1, 0.15) is 12.7 Å². The van der Waals surface area contributed by atoms with Crippen LogP contribution in [0.5, 0.6) is 0 Å². The number of rotatable bonds is 23. The second kappa shape index (κ2) is 19.5. The van der Waals surface area contributed by atoms with Gasteiger partial charge < -0.3 is 29.3 Å². The molecule has 0 radical (unpaired) electrons. The molecule has 226 valence electrons. The first-order valence-corrected chi connectivity index (χ1v) is 16.6. The van der Waals surface area contributed by atoms with E-state index in [9.17, 15) is 23.9 Å². The van der Waals surface area contributed by atoms with Crippen molar-refractivity contribution >= 4 is 21.6 Å². The zero-order chi connectivity index (χ0) is 29.4. The zero-order valence-electron chi connectivity index (χ0n) is 23.6. The van der Waals surface area contributed by atoms with E-state index < -0.39 is 39.9 Å². The number of hydrogen-bond acceptors (Lipinski definition) is 8. The number of carbonyl (C=O) groups excluding carboxylic acids is 1. The Morgan fingerprint density at radius 2 is 1.37 bits per heavy atom. The minimum atomic E-state index is -5.34. The van der Waals surface area contributed by atoms with Crippen LogP contribution in [0.15, 0.2) is 12.2 Å². The van der Waals surface area contributed by atoms with E-state index in [1.807, 2.05) is 20.8 Å². The van der Waals surface area contributed by atoms with Gasteiger partial charge in [-0.2, -0.15) is 4.31 Å². The number of aliphatic hydroxyl groups is 1. The fraction of sp³-hybridized carbons (Fsp3) is 0.880. The van der Waals surface area contributed by atoms with Crippen LogP contribution in [0.1, 0.15) is 98.8 Å². The highest BCUT2D eigenvalue weighted by molar-refractivity contribution is 7.60. The third kappa shape index (κ3) is 17.2. The van der Waals surface area contributed by atoms with Gasteiger partial charge in [0, 0.05) is 5.57 Å². The molecule has 0 aromatic heterocycles. The maximum atomic E-state index is 12.5. The molecule has 0 spiro atoms. The molecule has 0 aliphatic rings. The van der Waals surface area contributed by atoms with E-state index in [0.29, 0.717) is 12.8 Å². The summed E-state index contributed by atoms with van der Waals surface area (Å²) >= 11 is 0. The van der Waals surface area contributed by atoms with Gasteiger partial charge in [0.15, 0.2) is 0 Å². The van der Waals surface area contributed by atoms with Crippen LogP contribution in [0, 0.1) is 11.8 Å². The molecule has 0 saturated carbocycles. The molecule has 6 unspecified atom stereocenters.